The number of aromatic amines is 1. The molecule has 0 atom stereocenters. The van der Waals surface area contributed by atoms with Crippen molar-refractivity contribution in [1.29, 1.82) is 0 Å². The van der Waals surface area contributed by atoms with Gasteiger partial charge in [0.25, 0.3) is 0 Å². The smallest absolute Gasteiger partial charge is 0.419 e. The lowest BCUT2D eigenvalue weighted by Crippen LogP contribution is -2.50. The van der Waals surface area contributed by atoms with Crippen molar-refractivity contribution in [1.82, 2.24) is 20.5 Å². The number of pyridine rings is 1. The molecule has 7 nitrogen and oxygen atoms in total. The van der Waals surface area contributed by atoms with Gasteiger partial charge in [0.1, 0.15) is 12.8 Å². The molecule has 0 saturated carbocycles. The molecule has 2 N–H and O–H groups in total. The molecule has 1 aliphatic rings. The highest BCUT2D eigenvalue weighted by molar-refractivity contribution is 6.10. The summed E-state index contributed by atoms with van der Waals surface area (Å²) in [6, 6.07) is 14.0. The number of ether oxygens (including phenoxy) is 1. The highest BCUT2D eigenvalue weighted by Crippen LogP contribution is 2.32. The number of hydrogen-bond donors (Lipinski definition) is 2. The Morgan fingerprint density at radius 2 is 2.00 bits per heavy atom. The molecule has 172 valence electrons. The fourth-order valence-corrected chi connectivity index (χ4v) is 4.50. The Morgan fingerprint density at radius 3 is 2.74 bits per heavy atom. The number of benzene rings is 2. The number of nitrogens with zero attached hydrogens (tertiary/aromatic N) is 3. The molecule has 0 unspecified atom stereocenters. The van der Waals surface area contributed by atoms with Crippen LogP contribution in [0.3, 0.4) is 0 Å². The van der Waals surface area contributed by atoms with Gasteiger partial charge in [-0.15, -0.1) is 0 Å². The third-order valence-corrected chi connectivity index (χ3v) is 6.32. The topological polar surface area (TPSA) is 82.9 Å². The SMILES string of the molecule is CCOc1cc(C(=O)[N+](C)=C(c2cncc3cn[nH]c23)C2CNC2)ccc1-c1cccc(C)c1. The van der Waals surface area contributed by atoms with E-state index in [2.05, 4.69) is 45.6 Å². The lowest BCUT2D eigenvalue weighted by Gasteiger charge is -2.26. The van der Waals surface area contributed by atoms with E-state index in [9.17, 15) is 4.79 Å². The summed E-state index contributed by atoms with van der Waals surface area (Å²) in [5.41, 5.74) is 6.53. The summed E-state index contributed by atoms with van der Waals surface area (Å²) in [5, 5.41) is 11.5. The monoisotopic (exact) mass is 454 g/mol. The summed E-state index contributed by atoms with van der Waals surface area (Å²) in [4.78, 5) is 18.1. The molecule has 3 heterocycles. The lowest BCUT2D eigenvalue weighted by molar-refractivity contribution is -0.397. The van der Waals surface area contributed by atoms with Gasteiger partial charge in [0.15, 0.2) is 0 Å². The number of H-pyrrole nitrogens is 1. The minimum absolute atomic E-state index is 0.0878. The zero-order valence-electron chi connectivity index (χ0n) is 19.6. The molecule has 1 amide bonds. The van der Waals surface area contributed by atoms with Crippen molar-refractivity contribution in [2.45, 2.75) is 13.8 Å². The Labute approximate surface area is 198 Å². The molecular weight excluding hydrogens is 426 g/mol. The molecule has 0 aliphatic carbocycles. The maximum Gasteiger partial charge on any atom is 0.419 e. The van der Waals surface area contributed by atoms with E-state index in [-0.39, 0.29) is 11.8 Å². The van der Waals surface area contributed by atoms with E-state index >= 15 is 0 Å². The van der Waals surface area contributed by atoms with E-state index in [1.807, 2.05) is 44.4 Å². The van der Waals surface area contributed by atoms with E-state index in [4.69, 9.17) is 4.74 Å². The number of carbonyl (C=O) groups excluding carboxylic acids is 1. The van der Waals surface area contributed by atoms with Crippen molar-refractivity contribution in [3.8, 4) is 16.9 Å². The van der Waals surface area contributed by atoms with E-state index in [0.717, 1.165) is 46.4 Å². The van der Waals surface area contributed by atoms with Crippen molar-refractivity contribution >= 4 is 22.5 Å². The molecule has 0 bridgehead atoms. The zero-order chi connectivity index (χ0) is 23.7. The van der Waals surface area contributed by atoms with Crippen LogP contribution in [0.5, 0.6) is 5.75 Å². The van der Waals surface area contributed by atoms with E-state index in [1.165, 1.54) is 5.56 Å². The molecule has 0 spiro atoms. The van der Waals surface area contributed by atoms with E-state index in [1.54, 1.807) is 17.0 Å². The number of aromatic nitrogens is 3. The van der Waals surface area contributed by atoms with Crippen LogP contribution < -0.4 is 10.1 Å². The van der Waals surface area contributed by atoms with Crippen molar-refractivity contribution in [2.75, 3.05) is 26.7 Å². The molecule has 2 aromatic carbocycles. The Hall–Kier alpha value is -3.84. The minimum Gasteiger partial charge on any atom is -0.493 e. The summed E-state index contributed by atoms with van der Waals surface area (Å²) in [7, 11) is 1.83. The molecule has 1 fully saturated rings. The summed E-state index contributed by atoms with van der Waals surface area (Å²) in [5.74, 6) is 0.828. The van der Waals surface area contributed by atoms with Crippen LogP contribution in [0, 0.1) is 12.8 Å². The normalized spacial score (nSPS) is 14.6. The second kappa shape index (κ2) is 9.19. The molecule has 34 heavy (non-hydrogen) atoms. The Morgan fingerprint density at radius 1 is 1.15 bits per heavy atom. The largest absolute Gasteiger partial charge is 0.493 e. The first-order chi connectivity index (χ1) is 16.6. The Bertz CT molecular complexity index is 1400. The lowest BCUT2D eigenvalue weighted by atomic mass is 9.91. The van der Waals surface area contributed by atoms with E-state index < -0.39 is 0 Å². The Balaban J connectivity index is 1.59. The average molecular weight is 455 g/mol. The third kappa shape index (κ3) is 3.99. The number of hydrogen-bond acceptors (Lipinski definition) is 5. The first-order valence-electron chi connectivity index (χ1n) is 11.5. The molecule has 4 aromatic rings. The average Bonchev–Trinajstić information content (AvgIpc) is 3.30. The van der Waals surface area contributed by atoms with E-state index in [0.29, 0.717) is 17.9 Å². The number of nitrogens with one attached hydrogen (secondary N) is 2. The molecular formula is C27H28N5O2+. The van der Waals surface area contributed by atoms with Gasteiger partial charge in [-0.05, 0) is 37.6 Å². The van der Waals surface area contributed by atoms with Crippen LogP contribution in [-0.4, -0.2) is 58.1 Å². The van der Waals surface area contributed by atoms with Gasteiger partial charge in [0, 0.05) is 36.4 Å². The van der Waals surface area contributed by atoms with Crippen molar-refractivity contribution in [3.63, 3.8) is 0 Å². The summed E-state index contributed by atoms with van der Waals surface area (Å²) < 4.78 is 7.71. The number of amides is 1. The van der Waals surface area contributed by atoms with Gasteiger partial charge in [-0.2, -0.15) is 9.67 Å². The first-order valence-corrected chi connectivity index (χ1v) is 11.5. The fourth-order valence-electron chi connectivity index (χ4n) is 4.50. The predicted octanol–water partition coefficient (Wildman–Crippen LogP) is 3.82. The zero-order valence-corrected chi connectivity index (χ0v) is 19.6. The third-order valence-electron chi connectivity index (χ3n) is 6.32. The van der Waals surface area contributed by atoms with Crippen LogP contribution in [0.25, 0.3) is 22.0 Å². The van der Waals surface area contributed by atoms with Gasteiger partial charge in [0.05, 0.1) is 35.4 Å². The molecule has 1 aliphatic heterocycles. The fraction of sp³-hybridized carbons (Fsp3) is 0.259. The first kappa shape index (κ1) is 22.0. The van der Waals surface area contributed by atoms with Gasteiger partial charge in [-0.25, -0.2) is 4.79 Å². The van der Waals surface area contributed by atoms with Crippen molar-refractivity contribution < 1.29 is 14.1 Å². The van der Waals surface area contributed by atoms with Gasteiger partial charge < -0.3 is 10.1 Å². The van der Waals surface area contributed by atoms with Crippen LogP contribution >= 0.6 is 0 Å². The summed E-state index contributed by atoms with van der Waals surface area (Å²) in [6.07, 6.45) is 5.34. The molecule has 2 aromatic heterocycles. The van der Waals surface area contributed by atoms with Crippen LogP contribution in [0.15, 0.2) is 61.1 Å². The number of carbonyl (C=O) groups is 1. The van der Waals surface area contributed by atoms with Gasteiger partial charge in [-0.3, -0.25) is 10.1 Å². The summed E-state index contributed by atoms with van der Waals surface area (Å²) >= 11 is 0. The maximum absolute atomic E-state index is 13.7. The second-order valence-electron chi connectivity index (χ2n) is 8.64. The van der Waals surface area contributed by atoms with Gasteiger partial charge in [0.2, 0.25) is 5.71 Å². The molecule has 5 rings (SSSR count). The van der Waals surface area contributed by atoms with Gasteiger partial charge >= 0.3 is 5.91 Å². The highest BCUT2D eigenvalue weighted by Gasteiger charge is 2.35. The molecule has 7 heteroatoms. The number of rotatable bonds is 6. The highest BCUT2D eigenvalue weighted by atomic mass is 16.5. The Kier molecular flexibility index (Phi) is 5.94. The predicted molar refractivity (Wildman–Crippen MR) is 133 cm³/mol. The van der Waals surface area contributed by atoms with Crippen LogP contribution in [0.4, 0.5) is 0 Å². The minimum atomic E-state index is -0.0878. The standard InChI is InChI=1S/C27H27N5O2/c1-4-34-24-11-19(8-9-22(24)18-7-5-6-17(2)10-18)27(33)32(3)26(21-13-28-14-21)23-16-29-12-20-15-30-31-25(20)23/h5-12,15-16,21,28H,4,13-14H2,1-3H3/p+1. The molecule has 0 radical (unpaired) electrons. The van der Waals surface area contributed by atoms with Crippen molar-refractivity contribution in [3.05, 3.63) is 77.7 Å². The number of aryl methyl sites for hydroxylation is 1. The second-order valence-corrected chi connectivity index (χ2v) is 8.64. The maximum atomic E-state index is 13.7. The van der Waals surface area contributed by atoms with Crippen LogP contribution in [0.2, 0.25) is 0 Å². The quantitative estimate of drug-likeness (QED) is 0.342. The van der Waals surface area contributed by atoms with Crippen LogP contribution in [-0.2, 0) is 0 Å². The van der Waals surface area contributed by atoms with Crippen LogP contribution in [0.1, 0.15) is 28.4 Å². The molecule has 1 saturated heterocycles. The number of fused-ring (bicyclic) bond motifs is 1. The van der Waals surface area contributed by atoms with Gasteiger partial charge in [-0.1, -0.05) is 29.8 Å². The van der Waals surface area contributed by atoms with Crippen molar-refractivity contribution in [2.24, 2.45) is 5.92 Å². The summed E-state index contributed by atoms with van der Waals surface area (Å²) in [6.45, 7) is 6.17.